The number of benzene rings is 1. The zero-order chi connectivity index (χ0) is 9.61. The van der Waals surface area contributed by atoms with E-state index < -0.39 is 0 Å². The molecule has 1 rings (SSSR count). The van der Waals surface area contributed by atoms with Crippen molar-refractivity contribution in [1.82, 2.24) is 0 Å². The van der Waals surface area contributed by atoms with Gasteiger partial charge in [-0.25, -0.2) is 0 Å². The molecule has 0 aliphatic heterocycles. The molecule has 0 spiro atoms. The fraction of sp³-hybridized carbons (Fsp3) is 0.250. The molecule has 0 heterocycles. The number of rotatable bonds is 0. The van der Waals surface area contributed by atoms with E-state index in [1.165, 1.54) is 0 Å². The molecule has 0 aliphatic carbocycles. The van der Waals surface area contributed by atoms with Crippen LogP contribution in [0.3, 0.4) is 0 Å². The average Bonchev–Trinajstić information content (AvgIpc) is 1.85. The quantitative estimate of drug-likeness (QED) is 0.359. The van der Waals surface area contributed by atoms with Gasteiger partial charge in [-0.05, 0) is 0 Å². The van der Waals surface area contributed by atoms with Gasteiger partial charge in [0.25, 0.3) is 0 Å². The first-order chi connectivity index (χ1) is 5.39. The Morgan fingerprint density at radius 2 is 1.00 bits per heavy atom. The maximum Gasteiger partial charge on any atom is 0 e. The minimum Gasteiger partial charge on any atom is -0.673 e. The van der Waals surface area contributed by atoms with Crippen molar-refractivity contribution < 1.29 is 21.7 Å². The van der Waals surface area contributed by atoms with Crippen molar-refractivity contribution in [1.29, 1.82) is 0 Å². The summed E-state index contributed by atoms with van der Waals surface area (Å²) in [4.78, 5) is 0. The summed E-state index contributed by atoms with van der Waals surface area (Å²) >= 11 is 0. The number of hydrogen-bond acceptors (Lipinski definition) is 0. The van der Waals surface area contributed by atoms with Gasteiger partial charge in [-0.15, -0.1) is 42.5 Å². The van der Waals surface area contributed by atoms with E-state index in [-0.39, 0.29) is 89.2 Å². The summed E-state index contributed by atoms with van der Waals surface area (Å²) < 4.78 is 0. The normalized spacial score (nSPS) is 6.00. The van der Waals surface area contributed by atoms with Gasteiger partial charge in [0.15, 0.2) is 0 Å². The first kappa shape index (κ1) is 59.2. The van der Waals surface area contributed by atoms with Crippen molar-refractivity contribution >= 4 is 24.8 Å². The summed E-state index contributed by atoms with van der Waals surface area (Å²) in [5, 5.41) is 0. The molecule has 1 aromatic rings. The molecule has 0 saturated heterocycles. The van der Waals surface area contributed by atoms with Crippen LogP contribution in [0.25, 0.3) is 5.73 Å². The number of halogens is 2. The Labute approximate surface area is 158 Å². The first-order valence-electron chi connectivity index (χ1n) is 4.01. The van der Waals surface area contributed by atoms with E-state index in [4.69, 9.17) is 5.73 Å². The molecule has 0 fully saturated rings. The Balaban J connectivity index is -0.0000000127. The van der Waals surface area contributed by atoms with Crippen LogP contribution in [0.15, 0.2) is 30.3 Å². The minimum atomic E-state index is -0.250. The molecule has 128 valence electrons. The SMILES string of the molecule is CC(C)(C)[NH-].Cl.Cl.[CH2-]c1ccccc1.[CH3-].[CH3-].[CH3-].[CH3-].[CH3-].[Ti]. The zero-order valence-corrected chi connectivity index (χ0v) is 17.6. The molecule has 0 bridgehead atoms. The van der Waals surface area contributed by atoms with Crippen LogP contribution in [0.2, 0.25) is 0 Å². The minimum absolute atomic E-state index is 0. The summed E-state index contributed by atoms with van der Waals surface area (Å²) in [6, 6.07) is 9.87. The van der Waals surface area contributed by atoms with Gasteiger partial charge in [0.05, 0.1) is 0 Å². The number of hydrogen-bond donors (Lipinski definition) is 0. The molecule has 0 amide bonds. The average molecular weight is 359 g/mol. The Bertz CT molecular complexity index is 205. The van der Waals surface area contributed by atoms with Crippen LogP contribution >= 0.6 is 24.8 Å². The molecule has 0 unspecified atom stereocenters. The Hall–Kier alpha value is 0.344. The van der Waals surface area contributed by atoms with E-state index in [1.807, 2.05) is 51.1 Å². The summed E-state index contributed by atoms with van der Waals surface area (Å²) in [5.74, 6) is 0. The van der Waals surface area contributed by atoms with Gasteiger partial charge in [0.1, 0.15) is 0 Å². The standard InChI is InChI=1S/C7H7.C4H10N.5CH3.2ClH.Ti/c1-7-5-3-2-4-6-7;1-4(2,3)5;;;;;;;;/h2-6H,1H2;5H,1-3H3;5*1H3;2*1H;/q7*-1;;;. The second-order valence-corrected chi connectivity index (χ2v) is 3.74. The maximum absolute atomic E-state index is 6.94. The van der Waals surface area contributed by atoms with E-state index >= 15 is 0 Å². The molecule has 1 aromatic carbocycles. The van der Waals surface area contributed by atoms with Crippen LogP contribution in [-0.2, 0) is 21.7 Å². The third-order valence-electron chi connectivity index (χ3n) is 0.843. The van der Waals surface area contributed by atoms with E-state index in [9.17, 15) is 0 Å². The molecule has 0 saturated carbocycles. The van der Waals surface area contributed by atoms with Gasteiger partial charge in [0.2, 0.25) is 0 Å². The van der Waals surface area contributed by atoms with Crippen molar-refractivity contribution in [3.05, 3.63) is 85.7 Å². The predicted molar refractivity (Wildman–Crippen MR) is 102 cm³/mol. The predicted octanol–water partition coefficient (Wildman–Crippen LogP) is 6.80. The van der Waals surface area contributed by atoms with E-state index in [1.54, 1.807) is 0 Å². The fourth-order valence-corrected chi connectivity index (χ4v) is 0.478. The smallest absolute Gasteiger partial charge is 0 e. The molecule has 1 N–H and O–H groups in total. The Morgan fingerprint density at radius 3 is 1.10 bits per heavy atom. The Morgan fingerprint density at radius 1 is 0.800 bits per heavy atom. The zero-order valence-electron chi connectivity index (χ0n) is 14.4. The summed E-state index contributed by atoms with van der Waals surface area (Å²) in [7, 11) is 0. The van der Waals surface area contributed by atoms with E-state index in [0.29, 0.717) is 0 Å². The van der Waals surface area contributed by atoms with Crippen molar-refractivity contribution in [2.24, 2.45) is 0 Å². The van der Waals surface area contributed by atoms with Crippen LogP contribution < -0.4 is 0 Å². The molecule has 0 aliphatic rings. The van der Waals surface area contributed by atoms with Crippen molar-refractivity contribution in [3.63, 3.8) is 0 Å². The topological polar surface area (TPSA) is 23.8 Å². The summed E-state index contributed by atoms with van der Waals surface area (Å²) in [5.41, 5.74) is 7.76. The van der Waals surface area contributed by atoms with Gasteiger partial charge >= 0.3 is 0 Å². The summed E-state index contributed by atoms with van der Waals surface area (Å²) in [6.07, 6.45) is 0. The van der Waals surface area contributed by atoms with Crippen LogP contribution in [0.4, 0.5) is 0 Å². The molecule has 20 heavy (non-hydrogen) atoms. The second kappa shape index (κ2) is 31.6. The third-order valence-corrected chi connectivity index (χ3v) is 0.843. The molecular formula is C16H34Cl2NTi-7. The van der Waals surface area contributed by atoms with Gasteiger partial charge < -0.3 is 42.9 Å². The summed E-state index contributed by atoms with van der Waals surface area (Å²) in [6.45, 7) is 9.28. The van der Waals surface area contributed by atoms with Crippen molar-refractivity contribution in [2.75, 3.05) is 0 Å². The second-order valence-electron chi connectivity index (χ2n) is 3.74. The fourth-order valence-electron chi connectivity index (χ4n) is 0.478. The molecule has 0 atom stereocenters. The number of nitrogens with one attached hydrogen (secondary N) is 1. The molecular weight excluding hydrogens is 325 g/mol. The monoisotopic (exact) mass is 358 g/mol. The largest absolute Gasteiger partial charge is 0.673 e. The first-order valence-corrected chi connectivity index (χ1v) is 4.01. The molecule has 4 heteroatoms. The maximum atomic E-state index is 6.94. The molecule has 0 aromatic heterocycles. The van der Waals surface area contributed by atoms with Gasteiger partial charge in [0, 0.05) is 21.7 Å². The third kappa shape index (κ3) is 79.3. The van der Waals surface area contributed by atoms with Gasteiger partial charge in [-0.3, -0.25) is 0 Å². The van der Waals surface area contributed by atoms with Crippen LogP contribution in [0, 0.1) is 44.1 Å². The van der Waals surface area contributed by atoms with E-state index in [0.717, 1.165) is 5.56 Å². The molecule has 1 nitrogen and oxygen atoms in total. The van der Waals surface area contributed by atoms with Gasteiger partial charge in [-0.1, -0.05) is 26.8 Å². The van der Waals surface area contributed by atoms with E-state index in [2.05, 4.69) is 6.92 Å². The Kier molecular flexibility index (Phi) is 93.6. The van der Waals surface area contributed by atoms with Crippen LogP contribution in [0.5, 0.6) is 0 Å². The van der Waals surface area contributed by atoms with Crippen LogP contribution in [-0.4, -0.2) is 5.54 Å². The van der Waals surface area contributed by atoms with Gasteiger partial charge in [-0.2, -0.15) is 24.6 Å². The van der Waals surface area contributed by atoms with Crippen molar-refractivity contribution in [2.45, 2.75) is 26.3 Å². The molecule has 0 radical (unpaired) electrons. The van der Waals surface area contributed by atoms with Crippen LogP contribution in [0.1, 0.15) is 26.3 Å². The van der Waals surface area contributed by atoms with Crippen molar-refractivity contribution in [3.8, 4) is 0 Å².